The third kappa shape index (κ3) is 1.70. The SMILES string of the molecule is Cc1nnc(NC(=O)C2C(C)(C)C2(C)C)n1C1CC1. The second-order valence-electron chi connectivity index (χ2n) is 7.04. The van der Waals surface area contributed by atoms with Crippen LogP contribution in [0, 0.1) is 23.7 Å². The van der Waals surface area contributed by atoms with Gasteiger partial charge in [-0.3, -0.25) is 14.7 Å². The smallest absolute Gasteiger partial charge is 0.231 e. The fourth-order valence-electron chi connectivity index (χ4n) is 3.26. The summed E-state index contributed by atoms with van der Waals surface area (Å²) in [5.41, 5.74) is 0.104. The quantitative estimate of drug-likeness (QED) is 0.910. The van der Waals surface area contributed by atoms with E-state index in [1.807, 2.05) is 6.92 Å². The Morgan fingerprint density at radius 1 is 1.21 bits per heavy atom. The Morgan fingerprint density at radius 2 is 1.79 bits per heavy atom. The maximum absolute atomic E-state index is 12.4. The fraction of sp³-hybridized carbons (Fsp3) is 0.786. The molecule has 0 unspecified atom stereocenters. The van der Waals surface area contributed by atoms with Crippen molar-refractivity contribution in [2.45, 2.75) is 53.5 Å². The minimum atomic E-state index is 0.0460. The molecule has 19 heavy (non-hydrogen) atoms. The van der Waals surface area contributed by atoms with Crippen LogP contribution in [0.4, 0.5) is 5.95 Å². The van der Waals surface area contributed by atoms with Crippen LogP contribution in [0.15, 0.2) is 0 Å². The Balaban J connectivity index is 1.78. The number of anilines is 1. The van der Waals surface area contributed by atoms with E-state index in [2.05, 4.69) is 47.8 Å². The summed E-state index contributed by atoms with van der Waals surface area (Å²) in [5, 5.41) is 11.2. The number of hydrogen-bond donors (Lipinski definition) is 1. The van der Waals surface area contributed by atoms with Crippen LogP contribution >= 0.6 is 0 Å². The summed E-state index contributed by atoms with van der Waals surface area (Å²) in [5.74, 6) is 1.62. The van der Waals surface area contributed by atoms with E-state index in [9.17, 15) is 4.79 Å². The summed E-state index contributed by atoms with van der Waals surface area (Å²) in [6, 6.07) is 0.477. The van der Waals surface area contributed by atoms with Crippen molar-refractivity contribution < 1.29 is 4.79 Å². The van der Waals surface area contributed by atoms with Gasteiger partial charge in [-0.2, -0.15) is 0 Å². The first kappa shape index (κ1) is 12.6. The van der Waals surface area contributed by atoms with Gasteiger partial charge in [-0.25, -0.2) is 0 Å². The summed E-state index contributed by atoms with van der Waals surface area (Å²) in [4.78, 5) is 12.4. The van der Waals surface area contributed by atoms with E-state index in [0.29, 0.717) is 12.0 Å². The molecule has 1 N–H and O–H groups in total. The molecule has 1 aromatic heterocycles. The molecule has 0 atom stereocenters. The summed E-state index contributed by atoms with van der Waals surface area (Å²) < 4.78 is 2.06. The lowest BCUT2D eigenvalue weighted by molar-refractivity contribution is -0.118. The molecule has 1 amide bonds. The molecule has 0 aromatic carbocycles. The normalized spacial score (nSPS) is 24.3. The third-order valence-corrected chi connectivity index (χ3v) is 5.30. The summed E-state index contributed by atoms with van der Waals surface area (Å²) in [7, 11) is 0. The molecular weight excluding hydrogens is 240 g/mol. The Kier molecular flexibility index (Phi) is 2.38. The number of amides is 1. The lowest BCUT2D eigenvalue weighted by atomic mass is 10.0. The predicted octanol–water partition coefficient (Wildman–Crippen LogP) is 2.54. The van der Waals surface area contributed by atoms with Crippen LogP contribution in [-0.4, -0.2) is 20.7 Å². The Hall–Kier alpha value is -1.39. The van der Waals surface area contributed by atoms with E-state index in [0.717, 1.165) is 18.7 Å². The first-order chi connectivity index (χ1) is 8.76. The van der Waals surface area contributed by atoms with Crippen molar-refractivity contribution in [2.75, 3.05) is 5.32 Å². The maximum atomic E-state index is 12.4. The minimum Gasteiger partial charge on any atom is -0.294 e. The van der Waals surface area contributed by atoms with Crippen molar-refractivity contribution in [3.8, 4) is 0 Å². The van der Waals surface area contributed by atoms with Gasteiger partial charge in [0.05, 0.1) is 0 Å². The standard InChI is InChI=1S/C14H22N4O/c1-8-16-17-12(18(8)9-6-7-9)15-11(19)10-13(2,3)14(10,4)5/h9-10H,6-7H2,1-5H3,(H,15,17,19). The maximum Gasteiger partial charge on any atom is 0.231 e. The molecule has 104 valence electrons. The van der Waals surface area contributed by atoms with Gasteiger partial charge < -0.3 is 0 Å². The zero-order valence-electron chi connectivity index (χ0n) is 12.3. The van der Waals surface area contributed by atoms with E-state index >= 15 is 0 Å². The van der Waals surface area contributed by atoms with Gasteiger partial charge in [-0.1, -0.05) is 27.7 Å². The van der Waals surface area contributed by atoms with Crippen LogP contribution < -0.4 is 5.32 Å². The number of nitrogens with one attached hydrogen (secondary N) is 1. The predicted molar refractivity (Wildman–Crippen MR) is 72.7 cm³/mol. The molecule has 0 saturated heterocycles. The highest BCUT2D eigenvalue weighted by atomic mass is 16.2. The van der Waals surface area contributed by atoms with Gasteiger partial charge in [0.1, 0.15) is 5.82 Å². The fourth-order valence-corrected chi connectivity index (χ4v) is 3.26. The van der Waals surface area contributed by atoms with Crippen LogP contribution in [0.1, 0.15) is 52.4 Å². The van der Waals surface area contributed by atoms with Crippen LogP contribution in [-0.2, 0) is 4.79 Å². The molecule has 5 nitrogen and oxygen atoms in total. The summed E-state index contributed by atoms with van der Waals surface area (Å²) in [6.45, 7) is 10.5. The number of nitrogens with zero attached hydrogens (tertiary/aromatic N) is 3. The molecular formula is C14H22N4O. The second kappa shape index (κ2) is 3.58. The van der Waals surface area contributed by atoms with Gasteiger partial charge in [-0.15, -0.1) is 10.2 Å². The molecule has 0 bridgehead atoms. The molecule has 3 rings (SSSR count). The molecule has 1 heterocycles. The monoisotopic (exact) mass is 262 g/mol. The van der Waals surface area contributed by atoms with Crippen LogP contribution in [0.25, 0.3) is 0 Å². The molecule has 2 aliphatic rings. The molecule has 0 radical (unpaired) electrons. The zero-order valence-corrected chi connectivity index (χ0v) is 12.3. The zero-order chi connectivity index (χ0) is 14.0. The Bertz CT molecular complexity index is 526. The molecule has 2 saturated carbocycles. The van der Waals surface area contributed by atoms with Crippen molar-refractivity contribution in [2.24, 2.45) is 16.7 Å². The van der Waals surface area contributed by atoms with Crippen molar-refractivity contribution in [3.05, 3.63) is 5.82 Å². The summed E-state index contributed by atoms with van der Waals surface area (Å²) in [6.07, 6.45) is 2.31. The molecule has 2 fully saturated rings. The number of hydrogen-bond acceptors (Lipinski definition) is 3. The number of rotatable bonds is 3. The Morgan fingerprint density at radius 3 is 2.26 bits per heavy atom. The van der Waals surface area contributed by atoms with Crippen molar-refractivity contribution in [1.29, 1.82) is 0 Å². The van der Waals surface area contributed by atoms with Gasteiger partial charge >= 0.3 is 0 Å². The third-order valence-electron chi connectivity index (χ3n) is 5.30. The highest BCUT2D eigenvalue weighted by Crippen LogP contribution is 2.68. The highest BCUT2D eigenvalue weighted by molar-refractivity contribution is 5.94. The first-order valence-electron chi connectivity index (χ1n) is 6.99. The lowest BCUT2D eigenvalue weighted by Crippen LogP contribution is -2.20. The number of aryl methyl sites for hydroxylation is 1. The average molecular weight is 262 g/mol. The van der Waals surface area contributed by atoms with Gasteiger partial charge in [0, 0.05) is 12.0 Å². The summed E-state index contributed by atoms with van der Waals surface area (Å²) >= 11 is 0. The number of carbonyl (C=O) groups is 1. The molecule has 0 aliphatic heterocycles. The topological polar surface area (TPSA) is 59.8 Å². The van der Waals surface area contributed by atoms with E-state index in [4.69, 9.17) is 0 Å². The highest BCUT2D eigenvalue weighted by Gasteiger charge is 2.68. The van der Waals surface area contributed by atoms with Crippen molar-refractivity contribution in [3.63, 3.8) is 0 Å². The number of carbonyl (C=O) groups excluding carboxylic acids is 1. The lowest BCUT2D eigenvalue weighted by Gasteiger charge is -2.08. The molecule has 1 aromatic rings. The average Bonchev–Trinajstić information content (AvgIpc) is 3.12. The molecule has 0 spiro atoms. The van der Waals surface area contributed by atoms with Gasteiger partial charge in [0.15, 0.2) is 0 Å². The van der Waals surface area contributed by atoms with E-state index in [1.165, 1.54) is 0 Å². The van der Waals surface area contributed by atoms with Crippen LogP contribution in [0.2, 0.25) is 0 Å². The van der Waals surface area contributed by atoms with Crippen molar-refractivity contribution in [1.82, 2.24) is 14.8 Å². The van der Waals surface area contributed by atoms with Gasteiger partial charge in [-0.05, 0) is 30.6 Å². The van der Waals surface area contributed by atoms with Gasteiger partial charge in [0.2, 0.25) is 11.9 Å². The molecule has 2 aliphatic carbocycles. The minimum absolute atomic E-state index is 0.0460. The van der Waals surface area contributed by atoms with E-state index in [-0.39, 0.29) is 22.7 Å². The molecule has 5 heteroatoms. The second-order valence-corrected chi connectivity index (χ2v) is 7.04. The van der Waals surface area contributed by atoms with E-state index in [1.54, 1.807) is 0 Å². The van der Waals surface area contributed by atoms with Crippen molar-refractivity contribution >= 4 is 11.9 Å². The Labute approximate surface area is 113 Å². The van der Waals surface area contributed by atoms with E-state index < -0.39 is 0 Å². The number of aromatic nitrogens is 3. The first-order valence-corrected chi connectivity index (χ1v) is 6.99. The van der Waals surface area contributed by atoms with Crippen LogP contribution in [0.5, 0.6) is 0 Å². The largest absolute Gasteiger partial charge is 0.294 e. The van der Waals surface area contributed by atoms with Gasteiger partial charge in [0.25, 0.3) is 0 Å². The van der Waals surface area contributed by atoms with Crippen LogP contribution in [0.3, 0.4) is 0 Å².